The molecule has 0 bridgehead atoms. The van der Waals surface area contributed by atoms with E-state index < -0.39 is 35.1 Å². The zero-order valence-electron chi connectivity index (χ0n) is 14.2. The van der Waals surface area contributed by atoms with Gasteiger partial charge in [0.05, 0.1) is 23.6 Å². The molecule has 140 valence electrons. The van der Waals surface area contributed by atoms with Crippen molar-refractivity contribution >= 4 is 17.4 Å². The summed E-state index contributed by atoms with van der Waals surface area (Å²) in [4.78, 5) is 30.5. The number of furan rings is 1. The van der Waals surface area contributed by atoms with Crippen molar-refractivity contribution < 1.29 is 27.9 Å². The van der Waals surface area contributed by atoms with Crippen LogP contribution in [0, 0.1) is 11.6 Å². The molecule has 1 amide bonds. The maximum absolute atomic E-state index is 14.4. The van der Waals surface area contributed by atoms with Gasteiger partial charge in [-0.3, -0.25) is 19.5 Å². The van der Waals surface area contributed by atoms with E-state index in [4.69, 9.17) is 4.42 Å². The third-order valence-electron chi connectivity index (χ3n) is 4.39. The van der Waals surface area contributed by atoms with Gasteiger partial charge in [-0.15, -0.1) is 0 Å². The van der Waals surface area contributed by atoms with Crippen LogP contribution in [-0.2, 0) is 4.79 Å². The molecule has 0 spiro atoms. The van der Waals surface area contributed by atoms with E-state index in [1.54, 1.807) is 0 Å². The van der Waals surface area contributed by atoms with Crippen LogP contribution in [0.3, 0.4) is 0 Å². The number of pyridine rings is 1. The standard InChI is InChI=1S/C20H12F2N2O4/c21-12-3-4-14(13(22)10-12)24-17(11-5-7-23-8-6-11)16(19(26)20(24)27)18(25)15-2-1-9-28-15/h1-10,17,26H. The second kappa shape index (κ2) is 6.73. The molecular weight excluding hydrogens is 370 g/mol. The Kier molecular flexibility index (Phi) is 4.23. The highest BCUT2D eigenvalue weighted by molar-refractivity contribution is 6.20. The highest BCUT2D eigenvalue weighted by Crippen LogP contribution is 2.42. The van der Waals surface area contributed by atoms with Gasteiger partial charge in [-0.05, 0) is 42.0 Å². The zero-order valence-corrected chi connectivity index (χ0v) is 14.2. The Bertz CT molecular complexity index is 1090. The Hall–Kier alpha value is -3.81. The van der Waals surface area contributed by atoms with Crippen LogP contribution in [0.2, 0.25) is 0 Å². The van der Waals surface area contributed by atoms with Gasteiger partial charge in [0.1, 0.15) is 11.6 Å². The molecule has 28 heavy (non-hydrogen) atoms. The van der Waals surface area contributed by atoms with Crippen molar-refractivity contribution in [2.75, 3.05) is 4.90 Å². The largest absolute Gasteiger partial charge is 0.503 e. The van der Waals surface area contributed by atoms with E-state index in [0.717, 1.165) is 17.0 Å². The molecule has 1 aromatic carbocycles. The third kappa shape index (κ3) is 2.75. The molecule has 3 aromatic rings. The number of rotatable bonds is 4. The maximum Gasteiger partial charge on any atom is 0.294 e. The minimum absolute atomic E-state index is 0.0881. The summed E-state index contributed by atoms with van der Waals surface area (Å²) in [5.74, 6) is -4.45. The van der Waals surface area contributed by atoms with Gasteiger partial charge in [0.15, 0.2) is 11.5 Å². The number of Topliss-reactive ketones (excluding diaryl/α,β-unsaturated/α-hetero) is 1. The summed E-state index contributed by atoms with van der Waals surface area (Å²) >= 11 is 0. The molecule has 8 heteroatoms. The first-order chi connectivity index (χ1) is 13.5. The molecule has 0 fully saturated rings. The van der Waals surface area contributed by atoms with Crippen molar-refractivity contribution in [3.8, 4) is 0 Å². The fraction of sp³-hybridized carbons (Fsp3) is 0.0500. The minimum atomic E-state index is -1.15. The van der Waals surface area contributed by atoms with Gasteiger partial charge < -0.3 is 9.52 Å². The van der Waals surface area contributed by atoms with Gasteiger partial charge in [0, 0.05) is 18.5 Å². The van der Waals surface area contributed by atoms with Crippen molar-refractivity contribution in [1.82, 2.24) is 4.98 Å². The number of nitrogens with zero attached hydrogens (tertiary/aromatic N) is 2. The number of aromatic nitrogens is 1. The number of benzene rings is 1. The number of aliphatic hydroxyl groups is 1. The molecule has 0 saturated carbocycles. The number of halogens is 2. The lowest BCUT2D eigenvalue weighted by Crippen LogP contribution is -2.31. The van der Waals surface area contributed by atoms with Gasteiger partial charge >= 0.3 is 0 Å². The summed E-state index contributed by atoms with van der Waals surface area (Å²) in [5, 5.41) is 10.4. The van der Waals surface area contributed by atoms with Crippen molar-refractivity contribution in [2.24, 2.45) is 0 Å². The molecule has 1 atom stereocenters. The molecule has 0 radical (unpaired) electrons. The van der Waals surface area contributed by atoms with Crippen molar-refractivity contribution in [2.45, 2.75) is 6.04 Å². The second-order valence-corrected chi connectivity index (χ2v) is 6.02. The van der Waals surface area contributed by atoms with Gasteiger partial charge in [0.25, 0.3) is 5.91 Å². The monoisotopic (exact) mass is 382 g/mol. The number of carbonyl (C=O) groups excluding carboxylic acids is 2. The van der Waals surface area contributed by atoms with Crippen LogP contribution in [0.25, 0.3) is 0 Å². The number of aliphatic hydroxyl groups excluding tert-OH is 1. The lowest BCUT2D eigenvalue weighted by molar-refractivity contribution is -0.117. The predicted octanol–water partition coefficient (Wildman–Crippen LogP) is 3.74. The highest BCUT2D eigenvalue weighted by atomic mass is 19.1. The van der Waals surface area contributed by atoms with Gasteiger partial charge in [-0.25, -0.2) is 8.78 Å². The lowest BCUT2D eigenvalue weighted by Gasteiger charge is -2.27. The highest BCUT2D eigenvalue weighted by Gasteiger charge is 2.46. The molecule has 1 aliphatic heterocycles. The van der Waals surface area contributed by atoms with Crippen LogP contribution in [0.15, 0.2) is 76.9 Å². The predicted molar refractivity (Wildman–Crippen MR) is 93.5 cm³/mol. The average Bonchev–Trinajstić information content (AvgIpc) is 3.31. The summed E-state index contributed by atoms with van der Waals surface area (Å²) in [6.07, 6.45) is 4.15. The maximum atomic E-state index is 14.4. The van der Waals surface area contributed by atoms with E-state index in [1.165, 1.54) is 42.9 Å². The van der Waals surface area contributed by atoms with Crippen LogP contribution >= 0.6 is 0 Å². The van der Waals surface area contributed by atoms with Crippen LogP contribution in [0.4, 0.5) is 14.5 Å². The fourth-order valence-electron chi connectivity index (χ4n) is 3.16. The van der Waals surface area contributed by atoms with Crippen molar-refractivity contribution in [3.05, 3.63) is 95.4 Å². The molecule has 6 nitrogen and oxygen atoms in total. The lowest BCUT2D eigenvalue weighted by atomic mass is 9.95. The van der Waals surface area contributed by atoms with Gasteiger partial charge in [-0.1, -0.05) is 0 Å². The van der Waals surface area contributed by atoms with E-state index in [-0.39, 0.29) is 17.0 Å². The quantitative estimate of drug-likeness (QED) is 0.695. The first kappa shape index (κ1) is 17.6. The normalized spacial score (nSPS) is 16.7. The average molecular weight is 382 g/mol. The topological polar surface area (TPSA) is 83.6 Å². The second-order valence-electron chi connectivity index (χ2n) is 6.02. The minimum Gasteiger partial charge on any atom is -0.503 e. The number of amides is 1. The number of ketones is 1. The Morgan fingerprint density at radius 3 is 2.54 bits per heavy atom. The van der Waals surface area contributed by atoms with Crippen molar-refractivity contribution in [3.63, 3.8) is 0 Å². The third-order valence-corrected chi connectivity index (χ3v) is 4.39. The number of hydrogen-bond acceptors (Lipinski definition) is 5. The number of carbonyl (C=O) groups is 2. The van der Waals surface area contributed by atoms with E-state index in [0.29, 0.717) is 11.6 Å². The molecule has 0 aliphatic carbocycles. The molecule has 2 aromatic heterocycles. The van der Waals surface area contributed by atoms with E-state index in [9.17, 15) is 23.5 Å². The van der Waals surface area contributed by atoms with E-state index >= 15 is 0 Å². The zero-order chi connectivity index (χ0) is 19.8. The Labute approximate surface area is 157 Å². The summed E-state index contributed by atoms with van der Waals surface area (Å²) in [5.41, 5.74) is -0.136. The molecule has 1 unspecified atom stereocenters. The summed E-state index contributed by atoms with van der Waals surface area (Å²) in [6.45, 7) is 0. The molecule has 3 heterocycles. The number of anilines is 1. The SMILES string of the molecule is O=C(C1=C(O)C(=O)N(c2ccc(F)cc2F)C1c1ccncc1)c1ccco1. The van der Waals surface area contributed by atoms with Crippen LogP contribution in [-0.4, -0.2) is 21.8 Å². The summed E-state index contributed by atoms with van der Waals surface area (Å²) in [7, 11) is 0. The van der Waals surface area contributed by atoms with Crippen LogP contribution in [0.5, 0.6) is 0 Å². The number of hydrogen-bond donors (Lipinski definition) is 1. The molecule has 0 saturated heterocycles. The smallest absolute Gasteiger partial charge is 0.294 e. The van der Waals surface area contributed by atoms with Crippen molar-refractivity contribution in [1.29, 1.82) is 0 Å². The fourth-order valence-corrected chi connectivity index (χ4v) is 3.16. The summed E-state index contributed by atoms with van der Waals surface area (Å²) < 4.78 is 32.9. The first-order valence-corrected chi connectivity index (χ1v) is 8.19. The van der Waals surface area contributed by atoms with Gasteiger partial charge in [0.2, 0.25) is 5.78 Å². The van der Waals surface area contributed by atoms with E-state index in [2.05, 4.69) is 4.98 Å². The van der Waals surface area contributed by atoms with Crippen LogP contribution in [0.1, 0.15) is 22.2 Å². The van der Waals surface area contributed by atoms with Gasteiger partial charge in [-0.2, -0.15) is 0 Å². The van der Waals surface area contributed by atoms with E-state index in [1.807, 2.05) is 0 Å². The van der Waals surface area contributed by atoms with Crippen LogP contribution < -0.4 is 4.90 Å². The Morgan fingerprint density at radius 2 is 1.89 bits per heavy atom. The molecule has 1 N–H and O–H groups in total. The summed E-state index contributed by atoms with van der Waals surface area (Å²) in [6, 6.07) is 7.46. The molecule has 4 rings (SSSR count). The Balaban J connectivity index is 1.90. The Morgan fingerprint density at radius 1 is 1.14 bits per heavy atom. The molecular formula is C20H12F2N2O4. The first-order valence-electron chi connectivity index (χ1n) is 8.19. The molecule has 1 aliphatic rings.